The van der Waals surface area contributed by atoms with E-state index in [1.54, 1.807) is 11.8 Å². The van der Waals surface area contributed by atoms with Crippen LogP contribution in [0.2, 0.25) is 0 Å². The highest BCUT2D eigenvalue weighted by Crippen LogP contribution is 2.23. The summed E-state index contributed by atoms with van der Waals surface area (Å²) in [5, 5.41) is 11.3. The van der Waals surface area contributed by atoms with Crippen molar-refractivity contribution in [2.24, 2.45) is 0 Å². The third kappa shape index (κ3) is 4.77. The number of aryl methyl sites for hydroxylation is 2. The first kappa shape index (κ1) is 21.3. The molecule has 1 fully saturated rings. The van der Waals surface area contributed by atoms with Crippen LogP contribution in [0.1, 0.15) is 11.5 Å². The molecule has 10 nitrogen and oxygen atoms in total. The number of hydrogen-bond donors (Lipinski definition) is 0. The van der Waals surface area contributed by atoms with Crippen molar-refractivity contribution in [3.05, 3.63) is 45.8 Å². The predicted octanol–water partition coefficient (Wildman–Crippen LogP) is 1.82. The Morgan fingerprint density at radius 1 is 1.28 bits per heavy atom. The van der Waals surface area contributed by atoms with Gasteiger partial charge in [0.15, 0.2) is 0 Å². The Hall–Kier alpha value is -2.44. The number of carbonyl (C=O) groups excluding carboxylic acids is 1. The van der Waals surface area contributed by atoms with Crippen molar-refractivity contribution in [2.75, 3.05) is 31.9 Å². The number of hydrogen-bond acceptors (Lipinski definition) is 8. The van der Waals surface area contributed by atoms with Crippen molar-refractivity contribution in [3.8, 4) is 0 Å². The summed E-state index contributed by atoms with van der Waals surface area (Å²) in [6.07, 6.45) is 0. The molecule has 0 bridgehead atoms. The molecule has 12 heteroatoms. The smallest absolute Gasteiger partial charge is 0.270 e. The average Bonchev–Trinajstić information content (AvgIpc) is 3.03. The minimum absolute atomic E-state index is 0.124. The second kappa shape index (κ2) is 8.51. The minimum atomic E-state index is -3.86. The molecule has 1 aliphatic heterocycles. The van der Waals surface area contributed by atoms with E-state index in [0.29, 0.717) is 11.0 Å². The van der Waals surface area contributed by atoms with Crippen LogP contribution in [0.25, 0.3) is 0 Å². The van der Waals surface area contributed by atoms with Crippen molar-refractivity contribution in [3.63, 3.8) is 0 Å². The zero-order chi connectivity index (χ0) is 21.2. The van der Waals surface area contributed by atoms with Crippen LogP contribution in [0.4, 0.5) is 5.69 Å². The van der Waals surface area contributed by atoms with E-state index >= 15 is 0 Å². The molecule has 1 aliphatic rings. The zero-order valence-corrected chi connectivity index (χ0v) is 17.5. The number of piperazine rings is 1. The number of amides is 1. The SMILES string of the molecule is Cc1nc(SCC(=O)N2CCN(S(=O)(=O)c3cccc([N+](=O)[O-])c3)CC2)oc1C. The van der Waals surface area contributed by atoms with Crippen LogP contribution in [0, 0.1) is 24.0 Å². The summed E-state index contributed by atoms with van der Waals surface area (Å²) in [4.78, 5) is 28.3. The summed E-state index contributed by atoms with van der Waals surface area (Å²) in [7, 11) is -3.86. The van der Waals surface area contributed by atoms with Gasteiger partial charge in [0.25, 0.3) is 10.9 Å². The van der Waals surface area contributed by atoms with Crippen molar-refractivity contribution < 1.29 is 22.6 Å². The van der Waals surface area contributed by atoms with Crippen LogP contribution >= 0.6 is 11.8 Å². The molecule has 0 atom stereocenters. The van der Waals surface area contributed by atoms with Gasteiger partial charge in [-0.1, -0.05) is 17.8 Å². The van der Waals surface area contributed by atoms with Gasteiger partial charge < -0.3 is 9.32 Å². The van der Waals surface area contributed by atoms with Gasteiger partial charge in [-0.15, -0.1) is 0 Å². The summed E-state index contributed by atoms with van der Waals surface area (Å²) in [6.45, 7) is 4.37. The Labute approximate surface area is 172 Å². The van der Waals surface area contributed by atoms with E-state index in [9.17, 15) is 23.3 Å². The number of nitrogens with zero attached hydrogens (tertiary/aromatic N) is 4. The molecular weight excluding hydrogens is 420 g/mol. The number of nitro benzene ring substituents is 1. The van der Waals surface area contributed by atoms with Crippen LogP contribution in [0.3, 0.4) is 0 Å². The van der Waals surface area contributed by atoms with Gasteiger partial charge in [-0.3, -0.25) is 14.9 Å². The van der Waals surface area contributed by atoms with Gasteiger partial charge in [-0.2, -0.15) is 4.31 Å². The molecule has 0 N–H and O–H groups in total. The summed E-state index contributed by atoms with van der Waals surface area (Å²) in [6, 6.07) is 4.96. The molecule has 1 aromatic heterocycles. The molecule has 0 aliphatic carbocycles. The fourth-order valence-corrected chi connectivity index (χ4v) is 5.08. The van der Waals surface area contributed by atoms with Crippen LogP contribution < -0.4 is 0 Å². The molecule has 29 heavy (non-hydrogen) atoms. The highest BCUT2D eigenvalue weighted by atomic mass is 32.2. The van der Waals surface area contributed by atoms with E-state index in [-0.39, 0.29) is 48.4 Å². The molecule has 1 saturated heterocycles. The number of sulfonamides is 1. The van der Waals surface area contributed by atoms with Crippen molar-refractivity contribution in [1.29, 1.82) is 0 Å². The van der Waals surface area contributed by atoms with Gasteiger partial charge in [0, 0.05) is 38.3 Å². The van der Waals surface area contributed by atoms with Crippen molar-refractivity contribution >= 4 is 33.4 Å². The van der Waals surface area contributed by atoms with Crippen LogP contribution in [-0.2, 0) is 14.8 Å². The molecule has 156 valence electrons. The first-order valence-corrected chi connectivity index (χ1v) is 11.2. The number of thioether (sulfide) groups is 1. The first-order chi connectivity index (χ1) is 13.7. The topological polar surface area (TPSA) is 127 Å². The third-order valence-corrected chi connectivity index (χ3v) is 7.29. The maximum atomic E-state index is 12.8. The minimum Gasteiger partial charge on any atom is -0.437 e. The second-order valence-corrected chi connectivity index (χ2v) is 9.31. The number of rotatable bonds is 6. The lowest BCUT2D eigenvalue weighted by atomic mass is 10.3. The number of nitro groups is 1. The van der Waals surface area contributed by atoms with Gasteiger partial charge in [-0.05, 0) is 19.9 Å². The number of aromatic nitrogens is 1. The molecule has 2 heterocycles. The van der Waals surface area contributed by atoms with Gasteiger partial charge in [0.1, 0.15) is 5.76 Å². The van der Waals surface area contributed by atoms with E-state index in [4.69, 9.17) is 4.42 Å². The Morgan fingerprint density at radius 2 is 1.97 bits per heavy atom. The van der Waals surface area contributed by atoms with Gasteiger partial charge in [0.2, 0.25) is 15.9 Å². The maximum Gasteiger partial charge on any atom is 0.270 e. The monoisotopic (exact) mass is 440 g/mol. The van der Waals surface area contributed by atoms with E-state index < -0.39 is 14.9 Å². The molecule has 0 spiro atoms. The third-order valence-electron chi connectivity index (χ3n) is 4.59. The Morgan fingerprint density at radius 3 is 2.55 bits per heavy atom. The Balaban J connectivity index is 1.58. The number of benzene rings is 1. The molecule has 0 unspecified atom stereocenters. The number of oxazole rings is 1. The lowest BCUT2D eigenvalue weighted by Crippen LogP contribution is -2.50. The fraction of sp³-hybridized carbons (Fsp3) is 0.412. The van der Waals surface area contributed by atoms with Gasteiger partial charge in [-0.25, -0.2) is 13.4 Å². The van der Waals surface area contributed by atoms with Crippen molar-refractivity contribution in [1.82, 2.24) is 14.2 Å². The standard InChI is InChI=1S/C17H20N4O6S2/c1-12-13(2)27-17(18-12)28-11-16(22)19-6-8-20(9-7-19)29(25,26)15-5-3-4-14(10-15)21(23)24/h3-5,10H,6-9,11H2,1-2H3. The largest absolute Gasteiger partial charge is 0.437 e. The second-order valence-electron chi connectivity index (χ2n) is 6.45. The summed E-state index contributed by atoms with van der Waals surface area (Å²) in [5.41, 5.74) is 0.494. The van der Waals surface area contributed by atoms with Crippen LogP contribution in [0.5, 0.6) is 0 Å². The quantitative estimate of drug-likeness (QED) is 0.378. The predicted molar refractivity (Wildman–Crippen MR) is 105 cm³/mol. The maximum absolute atomic E-state index is 12.8. The number of carbonyl (C=O) groups is 1. The average molecular weight is 441 g/mol. The van der Waals surface area contributed by atoms with E-state index in [2.05, 4.69) is 4.98 Å². The lowest BCUT2D eigenvalue weighted by Gasteiger charge is -2.33. The van der Waals surface area contributed by atoms with E-state index in [0.717, 1.165) is 11.8 Å². The van der Waals surface area contributed by atoms with Crippen LogP contribution in [-0.4, -0.2) is 65.4 Å². The molecule has 0 saturated carbocycles. The highest BCUT2D eigenvalue weighted by molar-refractivity contribution is 7.99. The van der Waals surface area contributed by atoms with Gasteiger partial charge >= 0.3 is 0 Å². The van der Waals surface area contributed by atoms with E-state index in [1.165, 1.54) is 34.3 Å². The molecule has 2 aromatic rings. The summed E-state index contributed by atoms with van der Waals surface area (Å²) in [5.74, 6) is 0.729. The van der Waals surface area contributed by atoms with Gasteiger partial charge in [0.05, 0.1) is 21.3 Å². The zero-order valence-electron chi connectivity index (χ0n) is 15.9. The summed E-state index contributed by atoms with van der Waals surface area (Å²) >= 11 is 1.20. The molecule has 1 amide bonds. The van der Waals surface area contributed by atoms with E-state index in [1.807, 2.05) is 6.92 Å². The molecule has 3 rings (SSSR count). The number of non-ortho nitro benzene ring substituents is 1. The van der Waals surface area contributed by atoms with Crippen molar-refractivity contribution in [2.45, 2.75) is 24.0 Å². The van der Waals surface area contributed by atoms with Crippen LogP contribution in [0.15, 0.2) is 38.8 Å². The molecular formula is C17H20N4O6S2. The Kier molecular flexibility index (Phi) is 6.24. The Bertz CT molecular complexity index is 1010. The highest BCUT2D eigenvalue weighted by Gasteiger charge is 2.31. The lowest BCUT2D eigenvalue weighted by molar-refractivity contribution is -0.385. The molecule has 1 aromatic carbocycles. The first-order valence-electron chi connectivity index (χ1n) is 8.77. The molecule has 0 radical (unpaired) electrons. The fourth-order valence-electron chi connectivity index (χ4n) is 2.80. The normalized spacial score (nSPS) is 15.4. The summed E-state index contributed by atoms with van der Waals surface area (Å²) < 4.78 is 32.2.